The van der Waals surface area contributed by atoms with E-state index in [9.17, 15) is 9.59 Å². The highest BCUT2D eigenvalue weighted by Gasteiger charge is 2.14. The number of fused-ring (bicyclic) bond motifs is 2. The van der Waals surface area contributed by atoms with Crippen molar-refractivity contribution in [1.82, 2.24) is 0 Å². The minimum atomic E-state index is -0.424. The van der Waals surface area contributed by atoms with E-state index in [1.165, 1.54) is 6.07 Å². The van der Waals surface area contributed by atoms with E-state index in [0.29, 0.717) is 22.3 Å². The van der Waals surface area contributed by atoms with Gasteiger partial charge in [-0.05, 0) is 73.0 Å². The van der Waals surface area contributed by atoms with E-state index in [1.54, 1.807) is 18.2 Å². The molecule has 0 atom stereocenters. The molecule has 3 aromatic carbocycles. The minimum absolute atomic E-state index is 0.418. The fourth-order valence-corrected chi connectivity index (χ4v) is 4.48. The maximum atomic E-state index is 12.9. The average molecular weight is 467 g/mol. The van der Waals surface area contributed by atoms with E-state index in [2.05, 4.69) is 36.2 Å². The number of nitrogens with zero attached hydrogens (tertiary/aromatic N) is 1. The molecule has 35 heavy (non-hydrogen) atoms. The number of anilines is 2. The van der Waals surface area contributed by atoms with Crippen molar-refractivity contribution in [1.29, 1.82) is 0 Å². The molecule has 5 aromatic rings. The van der Waals surface area contributed by atoms with Crippen LogP contribution in [0.1, 0.15) is 13.8 Å². The maximum absolute atomic E-state index is 12.9. The summed E-state index contributed by atoms with van der Waals surface area (Å²) in [5.41, 5.74) is 4.94. The van der Waals surface area contributed by atoms with Crippen LogP contribution >= 0.6 is 0 Å². The summed E-state index contributed by atoms with van der Waals surface area (Å²) in [6.45, 7) is 6.08. The highest BCUT2D eigenvalue weighted by atomic mass is 16.4. The van der Waals surface area contributed by atoms with E-state index in [-0.39, 0.29) is 0 Å². The largest absolute Gasteiger partial charge is 0.423 e. The fourth-order valence-electron chi connectivity index (χ4n) is 4.48. The van der Waals surface area contributed by atoms with Crippen LogP contribution in [0.3, 0.4) is 0 Å². The first-order chi connectivity index (χ1) is 17.0. The predicted octanol–water partition coefficient (Wildman–Crippen LogP) is 6.12. The van der Waals surface area contributed by atoms with Crippen LogP contribution in [0.4, 0.5) is 11.4 Å². The Labute approximate surface area is 202 Å². The Morgan fingerprint density at radius 3 is 2.20 bits per heavy atom. The zero-order valence-corrected chi connectivity index (χ0v) is 19.9. The van der Waals surface area contributed by atoms with Crippen molar-refractivity contribution in [3.8, 4) is 22.3 Å². The highest BCUT2D eigenvalue weighted by molar-refractivity contribution is 5.96. The third-order valence-corrected chi connectivity index (χ3v) is 6.39. The van der Waals surface area contributed by atoms with Gasteiger partial charge in [0, 0.05) is 54.4 Å². The lowest BCUT2D eigenvalue weighted by molar-refractivity contribution is 0.561. The normalized spacial score (nSPS) is 11.2. The fraction of sp³-hybridized carbons (Fsp3) is 0.172. The van der Waals surface area contributed by atoms with E-state index in [1.807, 2.05) is 43.4 Å². The summed E-state index contributed by atoms with van der Waals surface area (Å²) in [6, 6.07) is 22.5. The summed E-state index contributed by atoms with van der Waals surface area (Å²) < 4.78 is 11.1. The molecule has 0 unspecified atom stereocenters. The number of nitrogens with one attached hydrogen (secondary N) is 1. The zero-order valence-electron chi connectivity index (χ0n) is 19.9. The van der Waals surface area contributed by atoms with E-state index < -0.39 is 11.3 Å². The quantitative estimate of drug-likeness (QED) is 0.304. The lowest BCUT2D eigenvalue weighted by atomic mass is 9.98. The van der Waals surface area contributed by atoms with Crippen LogP contribution < -0.4 is 21.5 Å². The van der Waals surface area contributed by atoms with Crippen molar-refractivity contribution < 1.29 is 8.83 Å². The van der Waals surface area contributed by atoms with Crippen molar-refractivity contribution in [3.63, 3.8) is 0 Å². The predicted molar refractivity (Wildman–Crippen MR) is 143 cm³/mol. The molecule has 0 saturated carbocycles. The summed E-state index contributed by atoms with van der Waals surface area (Å²) in [4.78, 5) is 27.4. The first-order valence-corrected chi connectivity index (χ1v) is 11.7. The van der Waals surface area contributed by atoms with Gasteiger partial charge in [0.1, 0.15) is 11.2 Å². The smallest absolute Gasteiger partial charge is 0.344 e. The van der Waals surface area contributed by atoms with E-state index in [4.69, 9.17) is 8.83 Å². The van der Waals surface area contributed by atoms with Gasteiger partial charge in [0.15, 0.2) is 0 Å². The Morgan fingerprint density at radius 2 is 1.49 bits per heavy atom. The maximum Gasteiger partial charge on any atom is 0.344 e. The monoisotopic (exact) mass is 466 g/mol. The van der Waals surface area contributed by atoms with Gasteiger partial charge in [-0.2, -0.15) is 0 Å². The van der Waals surface area contributed by atoms with Gasteiger partial charge >= 0.3 is 11.3 Å². The number of rotatable bonds is 6. The topological polar surface area (TPSA) is 75.7 Å². The lowest BCUT2D eigenvalue weighted by Crippen LogP contribution is -2.21. The molecule has 0 saturated heterocycles. The first-order valence-electron chi connectivity index (χ1n) is 11.7. The Bertz CT molecular complexity index is 1640. The summed E-state index contributed by atoms with van der Waals surface area (Å²) in [6.07, 6.45) is 0. The van der Waals surface area contributed by atoms with Gasteiger partial charge in [-0.1, -0.05) is 18.2 Å². The van der Waals surface area contributed by atoms with Gasteiger partial charge in [-0.3, -0.25) is 0 Å². The van der Waals surface area contributed by atoms with Crippen LogP contribution in [-0.4, -0.2) is 20.1 Å². The van der Waals surface area contributed by atoms with Gasteiger partial charge in [0.05, 0.1) is 5.56 Å². The van der Waals surface area contributed by atoms with Crippen molar-refractivity contribution in [2.24, 2.45) is 0 Å². The Hall–Kier alpha value is -4.32. The van der Waals surface area contributed by atoms with Crippen molar-refractivity contribution in [2.75, 3.05) is 30.4 Å². The van der Waals surface area contributed by atoms with Gasteiger partial charge in [0.25, 0.3) is 0 Å². The SMILES string of the molecule is CCN(CC)c1ccc(-c2cc(=O)oc3ccc(-c4cc5ccc(NC)cc5oc4=O)cc23)cc1. The molecule has 0 fully saturated rings. The second kappa shape index (κ2) is 9.14. The third-order valence-electron chi connectivity index (χ3n) is 6.39. The Balaban J connectivity index is 1.65. The van der Waals surface area contributed by atoms with Crippen LogP contribution in [0.5, 0.6) is 0 Å². The third kappa shape index (κ3) is 4.19. The van der Waals surface area contributed by atoms with Crippen LogP contribution in [0.2, 0.25) is 0 Å². The summed E-state index contributed by atoms with van der Waals surface area (Å²) >= 11 is 0. The number of hydrogen-bond acceptors (Lipinski definition) is 6. The Morgan fingerprint density at radius 1 is 0.743 bits per heavy atom. The van der Waals surface area contributed by atoms with Crippen molar-refractivity contribution in [3.05, 3.63) is 93.6 Å². The summed E-state index contributed by atoms with van der Waals surface area (Å²) in [7, 11) is 1.82. The molecule has 0 amide bonds. The number of hydrogen-bond donors (Lipinski definition) is 1. The molecule has 0 aliphatic carbocycles. The van der Waals surface area contributed by atoms with Crippen molar-refractivity contribution >= 4 is 33.3 Å². The average Bonchev–Trinajstić information content (AvgIpc) is 2.88. The second-order valence-corrected chi connectivity index (χ2v) is 8.36. The minimum Gasteiger partial charge on any atom is -0.423 e. The summed E-state index contributed by atoms with van der Waals surface area (Å²) in [5.74, 6) is 0. The molecule has 0 aliphatic rings. The van der Waals surface area contributed by atoms with E-state index in [0.717, 1.165) is 46.4 Å². The van der Waals surface area contributed by atoms with Crippen LogP contribution in [0.15, 0.2) is 91.2 Å². The molecule has 2 aromatic heterocycles. The molecule has 0 aliphatic heterocycles. The van der Waals surface area contributed by atoms with Gasteiger partial charge in [0.2, 0.25) is 0 Å². The standard InChI is InChI=1S/C29H26N2O4/c1-4-31(5-2)22-11-7-18(8-12-22)23-17-28(32)34-26-13-9-19(14-25(23)26)24-15-20-6-10-21(30-3)16-27(20)35-29(24)33/h6-17,30H,4-5H2,1-3H3. The summed E-state index contributed by atoms with van der Waals surface area (Å²) in [5, 5.41) is 4.62. The Kier molecular flexibility index (Phi) is 5.87. The van der Waals surface area contributed by atoms with Crippen molar-refractivity contribution in [2.45, 2.75) is 13.8 Å². The molecule has 1 N–H and O–H groups in total. The van der Waals surface area contributed by atoms with Crippen LogP contribution in [0.25, 0.3) is 44.2 Å². The molecule has 6 nitrogen and oxygen atoms in total. The molecule has 0 bridgehead atoms. The molecule has 6 heteroatoms. The van der Waals surface area contributed by atoms with Gasteiger partial charge < -0.3 is 19.1 Å². The molecule has 5 rings (SSSR count). The molecular weight excluding hydrogens is 440 g/mol. The van der Waals surface area contributed by atoms with Gasteiger partial charge in [-0.25, -0.2) is 9.59 Å². The first kappa shape index (κ1) is 22.5. The second-order valence-electron chi connectivity index (χ2n) is 8.36. The zero-order chi connectivity index (χ0) is 24.5. The molecule has 0 radical (unpaired) electrons. The van der Waals surface area contributed by atoms with E-state index >= 15 is 0 Å². The molecule has 2 heterocycles. The van der Waals surface area contributed by atoms with Gasteiger partial charge in [-0.15, -0.1) is 0 Å². The van der Waals surface area contributed by atoms with Crippen LogP contribution in [-0.2, 0) is 0 Å². The molecule has 0 spiro atoms. The lowest BCUT2D eigenvalue weighted by Gasteiger charge is -2.21. The van der Waals surface area contributed by atoms with Crippen LogP contribution in [0, 0.1) is 0 Å². The molecular formula is C29H26N2O4. The number of benzene rings is 3. The molecule has 176 valence electrons. The highest BCUT2D eigenvalue weighted by Crippen LogP contribution is 2.32.